The molecule has 0 saturated heterocycles. The summed E-state index contributed by atoms with van der Waals surface area (Å²) in [5.74, 6) is -0.876. The molecule has 5 heteroatoms. The highest BCUT2D eigenvalue weighted by molar-refractivity contribution is 9.10. The molecule has 1 heterocycles. The van der Waals surface area contributed by atoms with Crippen LogP contribution in [0, 0.1) is 5.82 Å². The van der Waals surface area contributed by atoms with E-state index in [1.807, 2.05) is 0 Å². The van der Waals surface area contributed by atoms with Crippen molar-refractivity contribution >= 4 is 32.8 Å². The van der Waals surface area contributed by atoms with E-state index in [1.165, 1.54) is 6.07 Å². The summed E-state index contributed by atoms with van der Waals surface area (Å²) in [7, 11) is 0. The predicted octanol–water partition coefficient (Wildman–Crippen LogP) is 3.25. The van der Waals surface area contributed by atoms with Gasteiger partial charge in [-0.3, -0.25) is 0 Å². The normalized spacial score (nSPS) is 10.7. The number of rotatable bonds is 2. The second-order valence-electron chi connectivity index (χ2n) is 3.22. The van der Waals surface area contributed by atoms with Gasteiger partial charge in [0, 0.05) is 9.86 Å². The number of esters is 1. The number of aromatic nitrogens is 1. The molecule has 0 aliphatic heterocycles. The molecular formula is C11H9BrFNO2. The number of carbonyl (C=O) groups excluding carboxylic acids is 1. The zero-order valence-corrected chi connectivity index (χ0v) is 10.1. The van der Waals surface area contributed by atoms with Crippen molar-refractivity contribution in [2.45, 2.75) is 6.92 Å². The summed E-state index contributed by atoms with van der Waals surface area (Å²) in [5, 5.41) is 0.628. The number of hydrogen-bond donors (Lipinski definition) is 1. The lowest BCUT2D eigenvalue weighted by Gasteiger charge is -1.96. The summed E-state index contributed by atoms with van der Waals surface area (Å²) >= 11 is 3.29. The second kappa shape index (κ2) is 4.25. The molecule has 1 aromatic carbocycles. The van der Waals surface area contributed by atoms with Gasteiger partial charge in [-0.2, -0.15) is 0 Å². The number of aromatic amines is 1. The molecule has 0 saturated carbocycles. The molecule has 0 atom stereocenters. The fraction of sp³-hybridized carbons (Fsp3) is 0.182. The Kier molecular flexibility index (Phi) is 2.96. The van der Waals surface area contributed by atoms with Gasteiger partial charge in [0.1, 0.15) is 11.5 Å². The minimum Gasteiger partial charge on any atom is -0.461 e. The van der Waals surface area contributed by atoms with E-state index in [0.29, 0.717) is 10.9 Å². The molecule has 3 nitrogen and oxygen atoms in total. The van der Waals surface area contributed by atoms with Crippen LogP contribution in [0.25, 0.3) is 10.9 Å². The third-order valence-corrected chi connectivity index (χ3v) is 2.88. The Bertz CT molecular complexity index is 511. The van der Waals surface area contributed by atoms with E-state index < -0.39 is 11.8 Å². The van der Waals surface area contributed by atoms with Gasteiger partial charge in [0.2, 0.25) is 0 Å². The molecule has 2 rings (SSSR count). The first kappa shape index (κ1) is 11.1. The number of halogens is 2. The van der Waals surface area contributed by atoms with Crippen molar-refractivity contribution in [1.82, 2.24) is 4.98 Å². The monoisotopic (exact) mass is 285 g/mol. The first-order chi connectivity index (χ1) is 7.63. The average Bonchev–Trinajstić information content (AvgIpc) is 2.70. The number of hydrogen-bond acceptors (Lipinski definition) is 2. The molecular weight excluding hydrogens is 277 g/mol. The molecule has 16 heavy (non-hydrogen) atoms. The van der Waals surface area contributed by atoms with Crippen molar-refractivity contribution in [2.24, 2.45) is 0 Å². The van der Waals surface area contributed by atoms with Gasteiger partial charge in [-0.05, 0) is 25.1 Å². The van der Waals surface area contributed by atoms with Gasteiger partial charge in [0.15, 0.2) is 0 Å². The number of nitrogens with one attached hydrogen (secondary N) is 1. The van der Waals surface area contributed by atoms with E-state index in [9.17, 15) is 9.18 Å². The number of carbonyl (C=O) groups is 1. The molecule has 0 fully saturated rings. The highest BCUT2D eigenvalue weighted by Crippen LogP contribution is 2.27. The van der Waals surface area contributed by atoms with Crippen LogP contribution in [-0.2, 0) is 4.74 Å². The van der Waals surface area contributed by atoms with E-state index in [0.717, 1.165) is 4.47 Å². The van der Waals surface area contributed by atoms with Crippen LogP contribution in [0.3, 0.4) is 0 Å². The van der Waals surface area contributed by atoms with Crippen LogP contribution < -0.4 is 0 Å². The van der Waals surface area contributed by atoms with E-state index in [1.54, 1.807) is 19.1 Å². The van der Waals surface area contributed by atoms with Crippen LogP contribution in [0.15, 0.2) is 22.7 Å². The molecule has 0 radical (unpaired) electrons. The van der Waals surface area contributed by atoms with Crippen molar-refractivity contribution in [1.29, 1.82) is 0 Å². The van der Waals surface area contributed by atoms with E-state index in [4.69, 9.17) is 4.74 Å². The highest BCUT2D eigenvalue weighted by Gasteiger charge is 2.14. The van der Waals surface area contributed by atoms with Gasteiger partial charge in [0.05, 0.1) is 12.1 Å². The van der Waals surface area contributed by atoms with Crippen LogP contribution in [0.5, 0.6) is 0 Å². The Morgan fingerprint density at radius 1 is 1.56 bits per heavy atom. The summed E-state index contributed by atoms with van der Waals surface area (Å²) in [6, 6.07) is 4.50. The molecule has 0 aliphatic carbocycles. The fourth-order valence-corrected chi connectivity index (χ4v) is 1.91. The topological polar surface area (TPSA) is 42.1 Å². The molecule has 1 aromatic heterocycles. The lowest BCUT2D eigenvalue weighted by Crippen LogP contribution is -2.04. The van der Waals surface area contributed by atoms with E-state index in [-0.39, 0.29) is 12.3 Å². The Morgan fingerprint density at radius 3 is 2.94 bits per heavy atom. The van der Waals surface area contributed by atoms with Crippen LogP contribution in [0.1, 0.15) is 17.4 Å². The summed E-state index contributed by atoms with van der Waals surface area (Å²) in [6.07, 6.45) is 0. The molecule has 0 amide bonds. The number of ether oxygens (including phenoxy) is 1. The Morgan fingerprint density at radius 2 is 2.31 bits per heavy atom. The largest absolute Gasteiger partial charge is 0.461 e. The van der Waals surface area contributed by atoms with Gasteiger partial charge in [0.25, 0.3) is 0 Å². The lowest BCUT2D eigenvalue weighted by molar-refractivity contribution is 0.0520. The number of benzene rings is 1. The molecule has 84 valence electrons. The predicted molar refractivity (Wildman–Crippen MR) is 61.9 cm³/mol. The standard InChI is InChI=1S/C11H9BrFNO2/c1-2-16-11(15)9-5-6-7(12)3-4-8(13)10(6)14-9/h3-5,14H,2H2,1H3. The summed E-state index contributed by atoms with van der Waals surface area (Å²) < 4.78 is 19.0. The van der Waals surface area contributed by atoms with Crippen LogP contribution in [0.2, 0.25) is 0 Å². The summed E-state index contributed by atoms with van der Waals surface area (Å²) in [4.78, 5) is 14.2. The number of fused-ring (bicyclic) bond motifs is 1. The van der Waals surface area contributed by atoms with Crippen molar-refractivity contribution in [3.8, 4) is 0 Å². The summed E-state index contributed by atoms with van der Waals surface area (Å²) in [5.41, 5.74) is 0.556. The summed E-state index contributed by atoms with van der Waals surface area (Å²) in [6.45, 7) is 2.01. The first-order valence-electron chi connectivity index (χ1n) is 4.77. The average molecular weight is 286 g/mol. The van der Waals surface area contributed by atoms with E-state index >= 15 is 0 Å². The zero-order chi connectivity index (χ0) is 11.7. The smallest absolute Gasteiger partial charge is 0.354 e. The maximum Gasteiger partial charge on any atom is 0.354 e. The van der Waals surface area contributed by atoms with Crippen molar-refractivity contribution in [3.63, 3.8) is 0 Å². The minimum atomic E-state index is -0.481. The Balaban J connectivity index is 2.55. The SMILES string of the molecule is CCOC(=O)c1cc2c(Br)ccc(F)c2[nH]1. The number of H-pyrrole nitrogens is 1. The second-order valence-corrected chi connectivity index (χ2v) is 4.08. The van der Waals surface area contributed by atoms with Gasteiger partial charge < -0.3 is 9.72 Å². The van der Waals surface area contributed by atoms with Crippen LogP contribution in [-0.4, -0.2) is 17.6 Å². The Hall–Kier alpha value is -1.36. The van der Waals surface area contributed by atoms with Crippen molar-refractivity contribution in [3.05, 3.63) is 34.2 Å². The third-order valence-electron chi connectivity index (χ3n) is 2.19. The molecule has 0 unspecified atom stereocenters. The maximum atomic E-state index is 13.4. The molecule has 1 N–H and O–H groups in total. The third kappa shape index (κ3) is 1.82. The van der Waals surface area contributed by atoms with Gasteiger partial charge in [-0.25, -0.2) is 9.18 Å². The molecule has 0 aliphatic rings. The first-order valence-corrected chi connectivity index (χ1v) is 5.56. The van der Waals surface area contributed by atoms with Gasteiger partial charge in [-0.15, -0.1) is 0 Å². The highest BCUT2D eigenvalue weighted by atomic mass is 79.9. The Labute approximate surface area is 99.7 Å². The van der Waals surface area contributed by atoms with Crippen molar-refractivity contribution in [2.75, 3.05) is 6.61 Å². The quantitative estimate of drug-likeness (QED) is 0.861. The minimum absolute atomic E-state index is 0.252. The van der Waals surface area contributed by atoms with E-state index in [2.05, 4.69) is 20.9 Å². The van der Waals surface area contributed by atoms with Gasteiger partial charge in [-0.1, -0.05) is 15.9 Å². The lowest BCUT2D eigenvalue weighted by atomic mass is 10.2. The van der Waals surface area contributed by atoms with Gasteiger partial charge >= 0.3 is 5.97 Å². The molecule has 0 spiro atoms. The fourth-order valence-electron chi connectivity index (χ4n) is 1.47. The zero-order valence-electron chi connectivity index (χ0n) is 8.51. The molecule has 2 aromatic rings. The maximum absolute atomic E-state index is 13.4. The van der Waals surface area contributed by atoms with Crippen molar-refractivity contribution < 1.29 is 13.9 Å². The molecule has 0 bridgehead atoms. The van der Waals surface area contributed by atoms with Crippen LogP contribution in [0.4, 0.5) is 4.39 Å². The van der Waals surface area contributed by atoms with Crippen LogP contribution >= 0.6 is 15.9 Å².